The van der Waals surface area contributed by atoms with Crippen molar-refractivity contribution in [3.8, 4) is 41.0 Å². The number of hydrogen-bond donors (Lipinski definition) is 1. The molecule has 4 rings (SSSR count). The highest BCUT2D eigenvalue weighted by molar-refractivity contribution is 5.82. The molecule has 0 saturated heterocycles. The van der Waals surface area contributed by atoms with E-state index in [0.717, 1.165) is 4.52 Å². The zero-order chi connectivity index (χ0) is 24.6. The molecule has 8 nitrogen and oxygen atoms in total. The van der Waals surface area contributed by atoms with Crippen molar-refractivity contribution in [3.05, 3.63) is 69.6 Å². The van der Waals surface area contributed by atoms with Crippen LogP contribution in [0, 0.1) is 30.6 Å². The van der Waals surface area contributed by atoms with Crippen molar-refractivity contribution in [1.29, 1.82) is 5.26 Å². The normalized spacial score (nSPS) is 11.9. The lowest BCUT2D eigenvalue weighted by Gasteiger charge is -2.10. The van der Waals surface area contributed by atoms with Gasteiger partial charge in [-0.1, -0.05) is 36.3 Å². The summed E-state index contributed by atoms with van der Waals surface area (Å²) >= 11 is 0. The number of halogens is 3. The fourth-order valence-corrected chi connectivity index (χ4v) is 3.46. The van der Waals surface area contributed by atoms with Gasteiger partial charge >= 0.3 is 6.18 Å². The number of terminal acetylenes is 1. The number of nitrogens with one attached hydrogen (secondary N) is 1. The average molecular weight is 465 g/mol. The fourth-order valence-electron chi connectivity index (χ4n) is 3.46. The summed E-state index contributed by atoms with van der Waals surface area (Å²) < 4.78 is 53.6. The van der Waals surface area contributed by atoms with E-state index in [1.165, 1.54) is 20.1 Å². The van der Waals surface area contributed by atoms with Crippen LogP contribution in [-0.4, -0.2) is 26.7 Å². The summed E-state index contributed by atoms with van der Waals surface area (Å²) in [7, 11) is 1.30. The van der Waals surface area contributed by atoms with Crippen molar-refractivity contribution in [2.45, 2.75) is 13.1 Å². The molecule has 0 radical (unpaired) electrons. The van der Waals surface area contributed by atoms with E-state index in [1.54, 1.807) is 30.3 Å². The van der Waals surface area contributed by atoms with Crippen LogP contribution in [0.3, 0.4) is 0 Å². The highest BCUT2D eigenvalue weighted by Gasteiger charge is 2.40. The second-order valence-electron chi connectivity index (χ2n) is 6.94. The summed E-state index contributed by atoms with van der Waals surface area (Å²) in [6.07, 6.45) is 1.42. The molecule has 4 aromatic rings. The van der Waals surface area contributed by atoms with Crippen molar-refractivity contribution >= 4 is 11.4 Å². The molecule has 0 saturated carbocycles. The molecule has 0 aliphatic rings. The lowest BCUT2D eigenvalue weighted by Crippen LogP contribution is -2.24. The van der Waals surface area contributed by atoms with Crippen molar-refractivity contribution in [1.82, 2.24) is 19.6 Å². The Bertz CT molecular complexity index is 1580. The lowest BCUT2D eigenvalue weighted by atomic mass is 10.1. The van der Waals surface area contributed by atoms with Crippen LogP contribution in [0.15, 0.2) is 45.6 Å². The predicted octanol–water partition coefficient (Wildman–Crippen LogP) is 4.16. The van der Waals surface area contributed by atoms with Gasteiger partial charge in [0.15, 0.2) is 17.1 Å². The van der Waals surface area contributed by atoms with Crippen molar-refractivity contribution in [3.63, 3.8) is 0 Å². The number of fused-ring (bicyclic) bond motifs is 1. The number of aromatic amines is 1. The van der Waals surface area contributed by atoms with E-state index in [2.05, 4.69) is 21.0 Å². The van der Waals surface area contributed by atoms with Crippen molar-refractivity contribution in [2.75, 3.05) is 7.11 Å². The minimum atomic E-state index is -5.04. The van der Waals surface area contributed by atoms with Gasteiger partial charge in [-0.15, -0.1) is 6.42 Å². The van der Waals surface area contributed by atoms with Gasteiger partial charge in [-0.3, -0.25) is 9.89 Å². The number of methoxy groups -OCH3 is 1. The van der Waals surface area contributed by atoms with Crippen LogP contribution < -0.4 is 5.56 Å². The Balaban J connectivity index is 2.09. The third-order valence-corrected chi connectivity index (χ3v) is 4.90. The van der Waals surface area contributed by atoms with Crippen LogP contribution in [0.4, 0.5) is 13.2 Å². The monoisotopic (exact) mass is 465 g/mol. The molecule has 34 heavy (non-hydrogen) atoms. The van der Waals surface area contributed by atoms with Crippen LogP contribution in [0.2, 0.25) is 0 Å². The number of rotatable bonds is 4. The second-order valence-corrected chi connectivity index (χ2v) is 6.94. The maximum atomic E-state index is 14.1. The third-order valence-electron chi connectivity index (χ3n) is 4.90. The summed E-state index contributed by atoms with van der Waals surface area (Å²) in [6, 6.07) is 10.0. The molecule has 0 unspecified atom stereocenters. The highest BCUT2D eigenvalue weighted by atomic mass is 19.4. The Labute approximate surface area is 189 Å². The number of H-pyrrole nitrogens is 1. The quantitative estimate of drug-likeness (QED) is 0.358. The molecule has 0 spiro atoms. The van der Waals surface area contributed by atoms with E-state index < -0.39 is 28.9 Å². The number of nitrogens with zero attached hydrogens (tertiary/aromatic N) is 4. The Morgan fingerprint density at radius 1 is 1.26 bits per heavy atom. The molecule has 0 aliphatic heterocycles. The largest absolute Gasteiger partial charge is 0.494 e. The minimum absolute atomic E-state index is 0.0299. The van der Waals surface area contributed by atoms with Gasteiger partial charge in [-0.25, -0.2) is 9.97 Å². The number of aryl methyl sites for hydroxylation is 1. The molecular weight excluding hydrogens is 451 g/mol. The standard InChI is InChI=1S/C23H14F3N5O3/c1-4-8-15(33-3)18-12(2)34-21(28-18)17-19(23(24,25)26)29-20-16(13-9-6-5-7-10-13)14(11-27)30-31(20)22(17)32/h1,5-10,30H,2-3H3/b15-8+. The number of allylic oxidation sites excluding steroid dienone is 1. The predicted molar refractivity (Wildman–Crippen MR) is 115 cm³/mol. The molecule has 0 amide bonds. The summed E-state index contributed by atoms with van der Waals surface area (Å²) in [5, 5.41) is 12.1. The number of oxazole rings is 1. The van der Waals surface area contributed by atoms with Gasteiger partial charge < -0.3 is 9.15 Å². The molecule has 0 atom stereocenters. The summed E-state index contributed by atoms with van der Waals surface area (Å²) in [6.45, 7) is 1.43. The molecule has 1 aromatic carbocycles. The van der Waals surface area contributed by atoms with Gasteiger partial charge in [-0.05, 0) is 12.5 Å². The van der Waals surface area contributed by atoms with Gasteiger partial charge in [0.2, 0.25) is 5.89 Å². The van der Waals surface area contributed by atoms with E-state index in [9.17, 15) is 23.2 Å². The van der Waals surface area contributed by atoms with Gasteiger partial charge in [0.05, 0.1) is 12.7 Å². The lowest BCUT2D eigenvalue weighted by molar-refractivity contribution is -0.140. The maximum Gasteiger partial charge on any atom is 0.434 e. The van der Waals surface area contributed by atoms with Gasteiger partial charge in [-0.2, -0.15) is 22.9 Å². The SMILES string of the molecule is C#C/C=C(/OC)c1nc(-c2c(C(F)(F)F)nc3c(-c4ccccc4)c(C#N)[nH]n3c2=O)oc1C. The van der Waals surface area contributed by atoms with Gasteiger partial charge in [0.1, 0.15) is 28.8 Å². The van der Waals surface area contributed by atoms with Crippen molar-refractivity contribution in [2.24, 2.45) is 0 Å². The smallest absolute Gasteiger partial charge is 0.434 e. The zero-order valence-electron chi connectivity index (χ0n) is 17.7. The van der Waals surface area contributed by atoms with Crippen LogP contribution in [-0.2, 0) is 10.9 Å². The van der Waals surface area contributed by atoms with E-state index in [-0.39, 0.29) is 34.1 Å². The molecule has 3 aromatic heterocycles. The Kier molecular flexibility index (Phi) is 5.47. The second kappa shape index (κ2) is 8.30. The number of nitriles is 1. The van der Waals surface area contributed by atoms with E-state index in [4.69, 9.17) is 15.6 Å². The molecule has 11 heteroatoms. The van der Waals surface area contributed by atoms with Crippen LogP contribution in [0.25, 0.3) is 34.0 Å². The van der Waals surface area contributed by atoms with Crippen LogP contribution in [0.5, 0.6) is 0 Å². The van der Waals surface area contributed by atoms with Gasteiger partial charge in [0, 0.05) is 6.08 Å². The molecule has 0 bridgehead atoms. The number of alkyl halides is 3. The number of hydrogen-bond acceptors (Lipinski definition) is 6. The average Bonchev–Trinajstić information content (AvgIpc) is 3.37. The first-order valence-corrected chi connectivity index (χ1v) is 9.61. The number of aromatic nitrogens is 4. The fraction of sp³-hybridized carbons (Fsp3) is 0.130. The topological polar surface area (TPSA) is 109 Å². The summed E-state index contributed by atoms with van der Waals surface area (Å²) in [5.74, 6) is 1.75. The third kappa shape index (κ3) is 3.59. The summed E-state index contributed by atoms with van der Waals surface area (Å²) in [4.78, 5) is 21.1. The molecule has 1 N–H and O–H groups in total. The zero-order valence-corrected chi connectivity index (χ0v) is 17.7. The first kappa shape index (κ1) is 22.4. The van der Waals surface area contributed by atoms with E-state index in [0.29, 0.717) is 5.56 Å². The summed E-state index contributed by atoms with van der Waals surface area (Å²) in [5.41, 5.74) is -3.59. The number of ether oxygens (including phenoxy) is 1. The molecule has 0 fully saturated rings. The molecule has 3 heterocycles. The van der Waals surface area contributed by atoms with Crippen LogP contribution >= 0.6 is 0 Å². The molecule has 170 valence electrons. The van der Waals surface area contributed by atoms with E-state index >= 15 is 0 Å². The maximum absolute atomic E-state index is 14.1. The van der Waals surface area contributed by atoms with Crippen LogP contribution in [0.1, 0.15) is 22.8 Å². The number of benzene rings is 1. The van der Waals surface area contributed by atoms with Crippen molar-refractivity contribution < 1.29 is 22.3 Å². The van der Waals surface area contributed by atoms with E-state index in [1.807, 2.05) is 6.07 Å². The first-order valence-electron chi connectivity index (χ1n) is 9.61. The Morgan fingerprint density at radius 2 is 1.97 bits per heavy atom. The van der Waals surface area contributed by atoms with Gasteiger partial charge in [0.25, 0.3) is 5.56 Å². The molecule has 0 aliphatic carbocycles. The highest BCUT2D eigenvalue weighted by Crippen LogP contribution is 2.37. The molecular formula is C23H14F3N5O3. The Hall–Kier alpha value is -4.77. The first-order chi connectivity index (χ1) is 16.2. The minimum Gasteiger partial charge on any atom is -0.494 e. The Morgan fingerprint density at radius 3 is 2.56 bits per heavy atom.